The van der Waals surface area contributed by atoms with E-state index in [0.29, 0.717) is 34.9 Å². The molecule has 0 saturated carbocycles. The van der Waals surface area contributed by atoms with Gasteiger partial charge in [-0.25, -0.2) is 0 Å². The predicted molar refractivity (Wildman–Crippen MR) is 105 cm³/mol. The Hall–Kier alpha value is -3.35. The number of aliphatic hydroxyl groups is 1. The van der Waals surface area contributed by atoms with Crippen molar-refractivity contribution in [3.05, 3.63) is 65.0 Å². The number of likely N-dealkylation sites (N-methyl/N-ethyl adjacent to an activating group) is 1. The molecular weight excluding hydrogens is 358 g/mol. The first-order chi connectivity index (χ1) is 13.3. The number of carbonyl (C=O) groups excluding carboxylic acids is 2. The van der Waals surface area contributed by atoms with E-state index in [-0.39, 0.29) is 11.3 Å². The highest BCUT2D eigenvalue weighted by Crippen LogP contribution is 2.40. The first-order valence-electron chi connectivity index (χ1n) is 8.86. The van der Waals surface area contributed by atoms with Gasteiger partial charge in [-0.2, -0.15) is 5.10 Å². The van der Waals surface area contributed by atoms with Crippen molar-refractivity contribution in [2.45, 2.75) is 19.9 Å². The molecule has 1 saturated heterocycles. The number of Topliss-reactive ketones (excluding diaryl/α,β-unsaturated/α-hetero) is 1. The van der Waals surface area contributed by atoms with E-state index in [2.05, 4.69) is 11.7 Å². The van der Waals surface area contributed by atoms with E-state index >= 15 is 0 Å². The normalized spacial score (nSPS) is 18.6. The van der Waals surface area contributed by atoms with Gasteiger partial charge in [0.15, 0.2) is 0 Å². The number of aryl methyl sites for hydroxylation is 2. The van der Waals surface area contributed by atoms with E-state index in [1.54, 1.807) is 63.0 Å². The number of ether oxygens (including phenoxy) is 1. The van der Waals surface area contributed by atoms with Crippen molar-refractivity contribution >= 4 is 17.4 Å². The topological polar surface area (TPSA) is 84.7 Å². The van der Waals surface area contributed by atoms with Crippen molar-refractivity contribution in [2.75, 3.05) is 13.7 Å². The highest BCUT2D eigenvalue weighted by atomic mass is 16.5. The average molecular weight is 381 g/mol. The minimum Gasteiger partial charge on any atom is -0.507 e. The van der Waals surface area contributed by atoms with E-state index < -0.39 is 17.7 Å². The SMILES string of the molecule is C=CCOc1cccc(C2/C(=C(\O)c3c(C)nn(C)c3C)C(=O)C(=O)N2C)c1. The van der Waals surface area contributed by atoms with Gasteiger partial charge >= 0.3 is 0 Å². The summed E-state index contributed by atoms with van der Waals surface area (Å²) in [7, 11) is 3.31. The zero-order valence-corrected chi connectivity index (χ0v) is 16.4. The predicted octanol–water partition coefficient (Wildman–Crippen LogP) is 2.65. The van der Waals surface area contributed by atoms with Crippen molar-refractivity contribution in [3.8, 4) is 5.75 Å². The van der Waals surface area contributed by atoms with Gasteiger partial charge in [0, 0.05) is 19.8 Å². The van der Waals surface area contributed by atoms with Crippen molar-refractivity contribution in [2.24, 2.45) is 7.05 Å². The molecular formula is C21H23N3O4. The molecule has 1 unspecified atom stereocenters. The first kappa shape index (κ1) is 19.4. The van der Waals surface area contributed by atoms with Crippen LogP contribution in [0.1, 0.15) is 28.6 Å². The third-order valence-corrected chi connectivity index (χ3v) is 4.96. The Labute approximate surface area is 163 Å². The van der Waals surface area contributed by atoms with Gasteiger partial charge in [0.05, 0.1) is 22.9 Å². The van der Waals surface area contributed by atoms with Crippen LogP contribution in [0.25, 0.3) is 5.76 Å². The van der Waals surface area contributed by atoms with Crippen LogP contribution < -0.4 is 4.74 Å². The number of hydrogen-bond donors (Lipinski definition) is 1. The number of nitrogens with zero attached hydrogens (tertiary/aromatic N) is 3. The molecule has 1 fully saturated rings. The number of rotatable bonds is 5. The molecule has 146 valence electrons. The maximum atomic E-state index is 12.7. The molecule has 1 aromatic heterocycles. The number of amides is 1. The molecule has 2 aromatic rings. The molecule has 1 aliphatic rings. The van der Waals surface area contributed by atoms with E-state index in [0.717, 1.165) is 0 Å². The molecule has 1 aromatic carbocycles. The Morgan fingerprint density at radius 2 is 2.04 bits per heavy atom. The van der Waals surface area contributed by atoms with Gasteiger partial charge in [0.2, 0.25) is 0 Å². The fourth-order valence-corrected chi connectivity index (χ4v) is 3.52. The lowest BCUT2D eigenvalue weighted by atomic mass is 9.94. The zero-order chi connectivity index (χ0) is 20.6. The van der Waals surface area contributed by atoms with Crippen molar-refractivity contribution in [1.82, 2.24) is 14.7 Å². The van der Waals surface area contributed by atoms with Gasteiger partial charge in [-0.05, 0) is 31.5 Å². The molecule has 0 radical (unpaired) electrons. The van der Waals surface area contributed by atoms with Gasteiger partial charge in [0.25, 0.3) is 11.7 Å². The zero-order valence-electron chi connectivity index (χ0n) is 16.4. The molecule has 1 aliphatic heterocycles. The van der Waals surface area contributed by atoms with Gasteiger partial charge < -0.3 is 14.7 Å². The summed E-state index contributed by atoms with van der Waals surface area (Å²) in [6.45, 7) is 7.52. The summed E-state index contributed by atoms with van der Waals surface area (Å²) in [6, 6.07) is 6.40. The van der Waals surface area contributed by atoms with Crippen LogP contribution in [0.5, 0.6) is 5.75 Å². The van der Waals surface area contributed by atoms with Crippen molar-refractivity contribution in [3.63, 3.8) is 0 Å². The van der Waals surface area contributed by atoms with Crippen LogP contribution >= 0.6 is 0 Å². The standard InChI is InChI=1S/C21H23N3O4/c1-6-10-28-15-9-7-8-14(11-15)18-17(20(26)21(27)23(18)4)19(25)16-12(2)22-24(5)13(16)3/h6-9,11,18,25H,1,10H2,2-5H3/b19-17+. The van der Waals surface area contributed by atoms with Crippen LogP contribution in [0.2, 0.25) is 0 Å². The number of likely N-dealkylation sites (tertiary alicyclic amines) is 1. The Kier molecular flexibility index (Phi) is 5.09. The second kappa shape index (κ2) is 7.34. The third-order valence-electron chi connectivity index (χ3n) is 4.96. The number of aliphatic hydroxyl groups excluding tert-OH is 1. The van der Waals surface area contributed by atoms with Crippen LogP contribution in [0, 0.1) is 13.8 Å². The lowest BCUT2D eigenvalue weighted by molar-refractivity contribution is -0.139. The van der Waals surface area contributed by atoms with Gasteiger partial charge in [-0.3, -0.25) is 14.3 Å². The summed E-state index contributed by atoms with van der Waals surface area (Å²) in [6.07, 6.45) is 1.63. The minimum atomic E-state index is -0.718. The molecule has 3 rings (SSSR count). The lowest BCUT2D eigenvalue weighted by Crippen LogP contribution is -2.24. The van der Waals surface area contributed by atoms with Gasteiger partial charge in [-0.15, -0.1) is 0 Å². The Morgan fingerprint density at radius 3 is 2.64 bits per heavy atom. The summed E-state index contributed by atoms with van der Waals surface area (Å²) in [5.74, 6) is -1.01. The molecule has 28 heavy (non-hydrogen) atoms. The number of aromatic nitrogens is 2. The van der Waals surface area contributed by atoms with E-state index in [1.165, 1.54) is 4.90 Å². The van der Waals surface area contributed by atoms with Crippen molar-refractivity contribution in [1.29, 1.82) is 0 Å². The second-order valence-electron chi connectivity index (χ2n) is 6.75. The average Bonchev–Trinajstić information content (AvgIpc) is 3.06. The summed E-state index contributed by atoms with van der Waals surface area (Å²) in [4.78, 5) is 26.5. The van der Waals surface area contributed by atoms with Crippen LogP contribution in [0.4, 0.5) is 0 Å². The summed E-state index contributed by atoms with van der Waals surface area (Å²) in [5.41, 5.74) is 2.48. The summed E-state index contributed by atoms with van der Waals surface area (Å²) in [5, 5.41) is 15.3. The minimum absolute atomic E-state index is 0.0487. The quantitative estimate of drug-likeness (QED) is 0.373. The highest BCUT2D eigenvalue weighted by molar-refractivity contribution is 6.46. The van der Waals surface area contributed by atoms with E-state index in [9.17, 15) is 14.7 Å². The largest absolute Gasteiger partial charge is 0.507 e. The van der Waals surface area contributed by atoms with Crippen molar-refractivity contribution < 1.29 is 19.4 Å². The Bertz CT molecular complexity index is 1000. The highest BCUT2D eigenvalue weighted by Gasteiger charge is 2.44. The second-order valence-corrected chi connectivity index (χ2v) is 6.75. The van der Waals surface area contributed by atoms with Crippen LogP contribution in [-0.2, 0) is 16.6 Å². The molecule has 1 atom stereocenters. The van der Waals surface area contributed by atoms with E-state index in [4.69, 9.17) is 4.74 Å². The Morgan fingerprint density at radius 1 is 1.32 bits per heavy atom. The van der Waals surface area contributed by atoms with Crippen LogP contribution in [-0.4, -0.2) is 45.1 Å². The van der Waals surface area contributed by atoms with E-state index in [1.807, 2.05) is 0 Å². The van der Waals surface area contributed by atoms with Crippen LogP contribution in [0.3, 0.4) is 0 Å². The lowest BCUT2D eigenvalue weighted by Gasteiger charge is -2.21. The smallest absolute Gasteiger partial charge is 0.295 e. The fraction of sp³-hybridized carbons (Fsp3) is 0.286. The van der Waals surface area contributed by atoms with Gasteiger partial charge in [-0.1, -0.05) is 24.8 Å². The van der Waals surface area contributed by atoms with Crippen LogP contribution in [0.15, 0.2) is 42.5 Å². The number of hydrogen-bond acceptors (Lipinski definition) is 5. The molecule has 7 heteroatoms. The number of benzene rings is 1. The molecule has 2 heterocycles. The summed E-state index contributed by atoms with van der Waals surface area (Å²) < 4.78 is 7.20. The van der Waals surface area contributed by atoms with Gasteiger partial charge in [0.1, 0.15) is 18.1 Å². The molecule has 1 N–H and O–H groups in total. The maximum absolute atomic E-state index is 12.7. The molecule has 0 spiro atoms. The molecule has 0 aliphatic carbocycles. The first-order valence-corrected chi connectivity index (χ1v) is 8.86. The molecule has 0 bridgehead atoms. The molecule has 7 nitrogen and oxygen atoms in total. The Balaban J connectivity index is 2.17. The maximum Gasteiger partial charge on any atom is 0.295 e. The fourth-order valence-electron chi connectivity index (χ4n) is 3.52. The summed E-state index contributed by atoms with van der Waals surface area (Å²) >= 11 is 0. The number of carbonyl (C=O) groups is 2. The molecule has 1 amide bonds. The number of ketones is 1. The monoisotopic (exact) mass is 381 g/mol. The third kappa shape index (κ3) is 3.09.